The predicted molar refractivity (Wildman–Crippen MR) is 72.5 cm³/mol. The summed E-state index contributed by atoms with van der Waals surface area (Å²) in [5, 5.41) is 3.71. The van der Waals surface area contributed by atoms with Gasteiger partial charge in [0.1, 0.15) is 0 Å². The van der Waals surface area contributed by atoms with Crippen LogP contribution in [0.1, 0.15) is 45.2 Å². The highest BCUT2D eigenvalue weighted by atomic mass is 79.9. The summed E-state index contributed by atoms with van der Waals surface area (Å²) in [5.41, 5.74) is 1.88. The van der Waals surface area contributed by atoms with Gasteiger partial charge in [-0.15, -0.1) is 0 Å². The molecule has 1 saturated carbocycles. The van der Waals surface area contributed by atoms with E-state index in [0.717, 1.165) is 0 Å². The van der Waals surface area contributed by atoms with Gasteiger partial charge in [-0.05, 0) is 43.7 Å². The highest BCUT2D eigenvalue weighted by molar-refractivity contribution is 9.10. The molecule has 1 aliphatic rings. The molecular weight excluding hydrogens is 262 g/mol. The molecule has 1 aromatic rings. The molecule has 2 atom stereocenters. The van der Waals surface area contributed by atoms with Crippen molar-refractivity contribution in [3.05, 3.63) is 34.3 Å². The summed E-state index contributed by atoms with van der Waals surface area (Å²) in [5.74, 6) is 0. The molecule has 0 spiro atoms. The Morgan fingerprint density at radius 2 is 1.88 bits per heavy atom. The summed E-state index contributed by atoms with van der Waals surface area (Å²) in [7, 11) is 0. The molecule has 0 bridgehead atoms. The fraction of sp³-hybridized carbons (Fsp3) is 0.571. The van der Waals surface area contributed by atoms with Gasteiger partial charge in [-0.1, -0.05) is 41.1 Å². The standard InChI is InChI=1S/C14H20BrN/c1-10(12-6-4-5-7-13(12)15)16-11(2)14(3)8-9-14/h4-7,10-11,16H,8-9H2,1-3H3/t10-,11?/m1/s1. The maximum absolute atomic E-state index is 3.71. The van der Waals surface area contributed by atoms with Gasteiger partial charge in [0, 0.05) is 16.6 Å². The highest BCUT2D eigenvalue weighted by Gasteiger charge is 2.42. The van der Waals surface area contributed by atoms with Gasteiger partial charge in [-0.3, -0.25) is 0 Å². The van der Waals surface area contributed by atoms with Gasteiger partial charge in [0.25, 0.3) is 0 Å². The summed E-state index contributed by atoms with van der Waals surface area (Å²) in [6.07, 6.45) is 2.73. The Kier molecular flexibility index (Phi) is 3.41. The highest BCUT2D eigenvalue weighted by Crippen LogP contribution is 2.48. The average molecular weight is 282 g/mol. The van der Waals surface area contributed by atoms with Gasteiger partial charge in [0.2, 0.25) is 0 Å². The molecule has 0 aliphatic heterocycles. The molecule has 0 heterocycles. The number of hydrogen-bond donors (Lipinski definition) is 1. The van der Waals surface area contributed by atoms with Gasteiger partial charge >= 0.3 is 0 Å². The Hall–Kier alpha value is -0.340. The molecule has 0 radical (unpaired) electrons. The van der Waals surface area contributed by atoms with E-state index in [4.69, 9.17) is 0 Å². The van der Waals surface area contributed by atoms with Crippen molar-refractivity contribution < 1.29 is 0 Å². The van der Waals surface area contributed by atoms with Gasteiger partial charge in [0.05, 0.1) is 0 Å². The lowest BCUT2D eigenvalue weighted by Gasteiger charge is -2.25. The van der Waals surface area contributed by atoms with Crippen molar-refractivity contribution in [2.75, 3.05) is 0 Å². The lowest BCUT2D eigenvalue weighted by Crippen LogP contribution is -2.35. The van der Waals surface area contributed by atoms with Crippen LogP contribution in [-0.2, 0) is 0 Å². The average Bonchev–Trinajstić information content (AvgIpc) is 2.98. The van der Waals surface area contributed by atoms with Gasteiger partial charge in [-0.2, -0.15) is 0 Å². The van der Waals surface area contributed by atoms with E-state index in [-0.39, 0.29) is 0 Å². The second-order valence-corrected chi connectivity index (χ2v) is 6.14. The monoisotopic (exact) mass is 281 g/mol. The van der Waals surface area contributed by atoms with Crippen LogP contribution in [0.4, 0.5) is 0 Å². The van der Waals surface area contributed by atoms with Crippen LogP contribution in [0, 0.1) is 5.41 Å². The quantitative estimate of drug-likeness (QED) is 0.868. The number of hydrogen-bond acceptors (Lipinski definition) is 1. The fourth-order valence-electron chi connectivity index (χ4n) is 2.12. The summed E-state index contributed by atoms with van der Waals surface area (Å²) < 4.78 is 1.20. The summed E-state index contributed by atoms with van der Waals surface area (Å²) >= 11 is 3.61. The maximum Gasteiger partial charge on any atom is 0.0305 e. The minimum Gasteiger partial charge on any atom is -0.307 e. The first kappa shape index (κ1) is 12.1. The summed E-state index contributed by atoms with van der Waals surface area (Å²) in [4.78, 5) is 0. The van der Waals surface area contributed by atoms with Crippen molar-refractivity contribution >= 4 is 15.9 Å². The zero-order chi connectivity index (χ0) is 11.8. The van der Waals surface area contributed by atoms with Crippen LogP contribution in [0.15, 0.2) is 28.7 Å². The normalized spacial score (nSPS) is 21.5. The molecule has 2 rings (SSSR count). The van der Waals surface area contributed by atoms with E-state index in [0.29, 0.717) is 17.5 Å². The molecule has 0 aromatic heterocycles. The first-order valence-corrected chi connectivity index (χ1v) is 6.83. The van der Waals surface area contributed by atoms with Crippen LogP contribution in [0.3, 0.4) is 0 Å². The van der Waals surface area contributed by atoms with Crippen LogP contribution in [0.25, 0.3) is 0 Å². The topological polar surface area (TPSA) is 12.0 Å². The van der Waals surface area contributed by atoms with Crippen molar-refractivity contribution in [2.24, 2.45) is 5.41 Å². The lowest BCUT2D eigenvalue weighted by molar-refractivity contribution is 0.350. The van der Waals surface area contributed by atoms with E-state index in [1.54, 1.807) is 0 Å². The molecule has 1 fully saturated rings. The zero-order valence-corrected chi connectivity index (χ0v) is 11.8. The molecule has 2 heteroatoms. The maximum atomic E-state index is 3.71. The Bertz CT molecular complexity index is 371. The number of rotatable bonds is 4. The van der Waals surface area contributed by atoms with E-state index in [9.17, 15) is 0 Å². The molecule has 0 saturated heterocycles. The second kappa shape index (κ2) is 4.50. The van der Waals surface area contributed by atoms with Crippen molar-refractivity contribution in [3.8, 4) is 0 Å². The summed E-state index contributed by atoms with van der Waals surface area (Å²) in [6, 6.07) is 9.45. The molecule has 1 N–H and O–H groups in total. The van der Waals surface area contributed by atoms with Crippen LogP contribution in [0.2, 0.25) is 0 Å². The second-order valence-electron chi connectivity index (χ2n) is 5.29. The Balaban J connectivity index is 2.03. The third-order valence-electron chi connectivity index (χ3n) is 3.96. The van der Waals surface area contributed by atoms with Crippen LogP contribution < -0.4 is 5.32 Å². The Morgan fingerprint density at radius 1 is 1.25 bits per heavy atom. The van der Waals surface area contributed by atoms with E-state index < -0.39 is 0 Å². The Morgan fingerprint density at radius 3 is 2.44 bits per heavy atom. The minimum absolute atomic E-state index is 0.406. The molecule has 16 heavy (non-hydrogen) atoms. The van der Waals surface area contributed by atoms with Crippen LogP contribution in [-0.4, -0.2) is 6.04 Å². The van der Waals surface area contributed by atoms with Crippen molar-refractivity contribution in [2.45, 2.75) is 45.7 Å². The minimum atomic E-state index is 0.406. The summed E-state index contributed by atoms with van der Waals surface area (Å²) in [6.45, 7) is 6.92. The van der Waals surface area contributed by atoms with Gasteiger partial charge in [0.15, 0.2) is 0 Å². The first-order valence-electron chi connectivity index (χ1n) is 6.03. The lowest BCUT2D eigenvalue weighted by atomic mass is 9.98. The smallest absolute Gasteiger partial charge is 0.0305 e. The molecular formula is C14H20BrN. The molecule has 1 nitrogen and oxygen atoms in total. The molecule has 1 aromatic carbocycles. The van der Waals surface area contributed by atoms with E-state index >= 15 is 0 Å². The molecule has 88 valence electrons. The molecule has 0 amide bonds. The number of nitrogens with one attached hydrogen (secondary N) is 1. The SMILES string of the molecule is CC(N[C@H](C)c1ccccc1Br)C1(C)CC1. The van der Waals surface area contributed by atoms with E-state index in [1.807, 2.05) is 0 Å². The Labute approximate surface area is 107 Å². The van der Waals surface area contributed by atoms with E-state index in [1.165, 1.54) is 22.9 Å². The largest absolute Gasteiger partial charge is 0.307 e. The first-order chi connectivity index (χ1) is 7.53. The molecule has 1 unspecified atom stereocenters. The fourth-order valence-corrected chi connectivity index (χ4v) is 2.75. The molecule has 1 aliphatic carbocycles. The number of halogens is 1. The third-order valence-corrected chi connectivity index (χ3v) is 4.68. The van der Waals surface area contributed by atoms with Crippen LogP contribution in [0.5, 0.6) is 0 Å². The van der Waals surface area contributed by atoms with Gasteiger partial charge in [-0.25, -0.2) is 0 Å². The van der Waals surface area contributed by atoms with Crippen molar-refractivity contribution in [1.29, 1.82) is 0 Å². The predicted octanol–water partition coefficient (Wildman–Crippen LogP) is 4.29. The zero-order valence-electron chi connectivity index (χ0n) is 10.3. The van der Waals surface area contributed by atoms with Gasteiger partial charge < -0.3 is 5.32 Å². The van der Waals surface area contributed by atoms with E-state index in [2.05, 4.69) is 66.3 Å². The third kappa shape index (κ3) is 2.49. The van der Waals surface area contributed by atoms with Crippen molar-refractivity contribution in [1.82, 2.24) is 5.32 Å². The van der Waals surface area contributed by atoms with Crippen LogP contribution >= 0.6 is 15.9 Å². The van der Waals surface area contributed by atoms with Crippen molar-refractivity contribution in [3.63, 3.8) is 0 Å². The number of benzene rings is 1.